The Labute approximate surface area is 185 Å². The molecule has 0 unspecified atom stereocenters. The fraction of sp³-hybridized carbons (Fsp3) is 0.0690. The zero-order chi connectivity index (χ0) is 21.4. The van der Waals surface area contributed by atoms with Gasteiger partial charge in [0.15, 0.2) is 11.9 Å². The maximum absolute atomic E-state index is 6.44. The minimum Gasteiger partial charge on any atom is -0.455 e. The van der Waals surface area contributed by atoms with Gasteiger partial charge in [-0.05, 0) is 42.1 Å². The molecule has 0 fully saturated rings. The van der Waals surface area contributed by atoms with Gasteiger partial charge in [0.25, 0.3) is 0 Å². The molecule has 32 heavy (non-hydrogen) atoms. The summed E-state index contributed by atoms with van der Waals surface area (Å²) >= 11 is 0. The van der Waals surface area contributed by atoms with Gasteiger partial charge >= 0.3 is 0 Å². The van der Waals surface area contributed by atoms with Crippen LogP contribution in [0.3, 0.4) is 0 Å². The first kappa shape index (κ1) is 17.6. The molecule has 7 rings (SSSR count). The van der Waals surface area contributed by atoms with Crippen molar-refractivity contribution in [2.45, 2.75) is 6.92 Å². The summed E-state index contributed by atoms with van der Waals surface area (Å²) in [5.41, 5.74) is 6.14. The first-order valence-electron chi connectivity index (χ1n) is 10.9. The fourth-order valence-electron chi connectivity index (χ4n) is 5.35. The van der Waals surface area contributed by atoms with Crippen molar-refractivity contribution in [1.29, 1.82) is 0 Å². The van der Waals surface area contributed by atoms with E-state index in [-0.39, 0.29) is 0 Å². The second-order valence-corrected chi connectivity index (χ2v) is 8.57. The molecule has 7 aromatic rings. The minimum atomic E-state index is 0.843. The van der Waals surface area contributed by atoms with Crippen LogP contribution in [0.1, 0.15) is 5.56 Å². The lowest BCUT2D eigenvalue weighted by Crippen LogP contribution is -2.28. The molecule has 0 aliphatic carbocycles. The Balaban J connectivity index is 1.78. The fourth-order valence-corrected chi connectivity index (χ4v) is 5.35. The molecular formula is C29H21N2O+. The van der Waals surface area contributed by atoms with Gasteiger partial charge in [0.2, 0.25) is 5.52 Å². The third kappa shape index (κ3) is 2.17. The summed E-state index contributed by atoms with van der Waals surface area (Å²) in [5, 5.41) is 6.30. The quantitative estimate of drug-likeness (QED) is 0.171. The lowest BCUT2D eigenvalue weighted by molar-refractivity contribution is -0.643. The number of pyridine rings is 2. The van der Waals surface area contributed by atoms with Crippen LogP contribution in [0, 0.1) is 6.92 Å². The van der Waals surface area contributed by atoms with E-state index in [9.17, 15) is 0 Å². The van der Waals surface area contributed by atoms with Crippen LogP contribution >= 0.6 is 0 Å². The molecule has 0 aliphatic heterocycles. The molecule has 0 atom stereocenters. The SMILES string of the molecule is Cc1ccc2c3cccc(Oc4ccccc4)c3n3c4cccc5cc[n+](C)c(c1c23)c54. The van der Waals surface area contributed by atoms with Crippen LogP contribution in [-0.4, -0.2) is 4.40 Å². The number of fused-ring (bicyclic) bond motifs is 5. The molecule has 152 valence electrons. The van der Waals surface area contributed by atoms with Gasteiger partial charge in [0.1, 0.15) is 12.8 Å². The first-order chi connectivity index (χ1) is 15.7. The second kappa shape index (κ2) is 6.21. The van der Waals surface area contributed by atoms with Crippen molar-refractivity contribution in [1.82, 2.24) is 4.40 Å². The van der Waals surface area contributed by atoms with Crippen molar-refractivity contribution >= 4 is 49.0 Å². The molecular weight excluding hydrogens is 392 g/mol. The number of aromatic nitrogens is 2. The van der Waals surface area contributed by atoms with Crippen molar-refractivity contribution in [2.24, 2.45) is 7.05 Å². The van der Waals surface area contributed by atoms with Gasteiger partial charge in [-0.1, -0.05) is 54.6 Å². The van der Waals surface area contributed by atoms with Crippen LogP contribution in [0.25, 0.3) is 49.0 Å². The molecule has 3 heteroatoms. The van der Waals surface area contributed by atoms with Gasteiger partial charge < -0.3 is 9.14 Å². The predicted molar refractivity (Wildman–Crippen MR) is 131 cm³/mol. The number of aryl methyl sites for hydroxylation is 2. The topological polar surface area (TPSA) is 17.5 Å². The molecule has 0 N–H and O–H groups in total. The third-order valence-corrected chi connectivity index (χ3v) is 6.71. The van der Waals surface area contributed by atoms with E-state index in [4.69, 9.17) is 4.74 Å². The van der Waals surface area contributed by atoms with Gasteiger partial charge in [-0.15, -0.1) is 0 Å². The van der Waals surface area contributed by atoms with Gasteiger partial charge in [0.05, 0.1) is 27.3 Å². The molecule has 0 bridgehead atoms. The number of nitrogens with zero attached hydrogens (tertiary/aromatic N) is 2. The van der Waals surface area contributed by atoms with E-state index in [2.05, 4.69) is 83.7 Å². The minimum absolute atomic E-state index is 0.843. The third-order valence-electron chi connectivity index (χ3n) is 6.71. The molecule has 3 nitrogen and oxygen atoms in total. The lowest BCUT2D eigenvalue weighted by Gasteiger charge is -2.13. The van der Waals surface area contributed by atoms with E-state index in [0.717, 1.165) is 17.0 Å². The largest absolute Gasteiger partial charge is 0.455 e. The highest BCUT2D eigenvalue weighted by molar-refractivity contribution is 6.26. The monoisotopic (exact) mass is 413 g/mol. The summed E-state index contributed by atoms with van der Waals surface area (Å²) in [6.45, 7) is 2.21. The van der Waals surface area contributed by atoms with Gasteiger partial charge in [0, 0.05) is 16.8 Å². The number of benzene rings is 4. The summed E-state index contributed by atoms with van der Waals surface area (Å²) in [6.07, 6.45) is 2.17. The van der Waals surface area contributed by atoms with Gasteiger partial charge in [-0.3, -0.25) is 0 Å². The van der Waals surface area contributed by atoms with Crippen LogP contribution in [0.2, 0.25) is 0 Å². The summed E-state index contributed by atoms with van der Waals surface area (Å²) in [7, 11) is 2.14. The average molecular weight is 414 g/mol. The zero-order valence-corrected chi connectivity index (χ0v) is 18.0. The van der Waals surface area contributed by atoms with Gasteiger partial charge in [-0.25, -0.2) is 4.57 Å². The Morgan fingerprint density at radius 1 is 0.719 bits per heavy atom. The second-order valence-electron chi connectivity index (χ2n) is 8.57. The smallest absolute Gasteiger partial charge is 0.224 e. The van der Waals surface area contributed by atoms with Crippen molar-refractivity contribution in [2.75, 3.05) is 0 Å². The van der Waals surface area contributed by atoms with E-state index in [1.807, 2.05) is 30.3 Å². The standard InChI is InChI=1S/C29H21N2O/c1-18-14-15-22-21-11-7-13-24(32-20-9-4-3-5-10-20)27(21)31-23-12-6-8-19-16-17-30(2)29(26(19)23)25(18)28(22)31/h3-17H,1-2H3/q+1. The Morgan fingerprint density at radius 3 is 2.41 bits per heavy atom. The van der Waals surface area contributed by atoms with Crippen LogP contribution in [-0.2, 0) is 7.05 Å². The molecule has 3 heterocycles. The number of hydrogen-bond acceptors (Lipinski definition) is 1. The maximum atomic E-state index is 6.44. The normalized spacial score (nSPS) is 12.1. The van der Waals surface area contributed by atoms with Crippen molar-refractivity contribution in [3.8, 4) is 11.5 Å². The number of ether oxygens (including phenoxy) is 1. The first-order valence-corrected chi connectivity index (χ1v) is 10.9. The van der Waals surface area contributed by atoms with Crippen molar-refractivity contribution < 1.29 is 9.30 Å². The molecule has 3 aromatic heterocycles. The summed E-state index contributed by atoms with van der Waals surface area (Å²) in [4.78, 5) is 0. The number of hydrogen-bond donors (Lipinski definition) is 0. The molecule has 0 spiro atoms. The van der Waals surface area contributed by atoms with E-state index in [0.29, 0.717) is 0 Å². The lowest BCUT2D eigenvalue weighted by atomic mass is 10.00. The van der Waals surface area contributed by atoms with E-state index >= 15 is 0 Å². The molecule has 4 aromatic carbocycles. The van der Waals surface area contributed by atoms with E-state index < -0.39 is 0 Å². The highest BCUT2D eigenvalue weighted by Crippen LogP contribution is 2.43. The predicted octanol–water partition coefficient (Wildman–Crippen LogP) is 6.92. The zero-order valence-electron chi connectivity index (χ0n) is 18.0. The molecule has 0 aliphatic rings. The Bertz CT molecular complexity index is 1810. The van der Waals surface area contributed by atoms with Gasteiger partial charge in [-0.2, -0.15) is 0 Å². The van der Waals surface area contributed by atoms with E-state index in [1.165, 1.54) is 49.0 Å². The summed E-state index contributed by atoms with van der Waals surface area (Å²) < 4.78 is 11.1. The van der Waals surface area contributed by atoms with Crippen LogP contribution in [0.15, 0.2) is 91.1 Å². The molecule has 0 radical (unpaired) electrons. The number of rotatable bonds is 2. The van der Waals surface area contributed by atoms with Crippen LogP contribution in [0.5, 0.6) is 11.5 Å². The molecule has 0 saturated heterocycles. The van der Waals surface area contributed by atoms with Crippen molar-refractivity contribution in [3.63, 3.8) is 0 Å². The maximum Gasteiger partial charge on any atom is 0.224 e. The Kier molecular flexibility index (Phi) is 3.41. The molecule has 0 amide bonds. The Hall–Kier alpha value is -4.11. The van der Waals surface area contributed by atoms with E-state index in [1.54, 1.807) is 0 Å². The summed E-state index contributed by atoms with van der Waals surface area (Å²) in [5.74, 6) is 1.71. The van der Waals surface area contributed by atoms with Crippen molar-refractivity contribution in [3.05, 3.63) is 96.7 Å². The summed E-state index contributed by atoms with van der Waals surface area (Å²) in [6, 6.07) is 29.7. The highest BCUT2D eigenvalue weighted by atomic mass is 16.5. The van der Waals surface area contributed by atoms with Crippen LogP contribution in [0.4, 0.5) is 0 Å². The Morgan fingerprint density at radius 2 is 1.53 bits per heavy atom. The molecule has 0 saturated carbocycles. The highest BCUT2D eigenvalue weighted by Gasteiger charge is 2.24. The average Bonchev–Trinajstić information content (AvgIpc) is 3.16. The number of para-hydroxylation sites is 2. The van der Waals surface area contributed by atoms with Crippen LogP contribution < -0.4 is 9.30 Å².